The number of ether oxygens (including phenoxy) is 2. The van der Waals surface area contributed by atoms with E-state index in [0.29, 0.717) is 0 Å². The SMILES string of the molecule is CC(=O)N[C@@H]1C(O)CC(O)(OC(C)=O)O[C@@H]1C(O)CO. The lowest BCUT2D eigenvalue weighted by Gasteiger charge is -2.44. The highest BCUT2D eigenvalue weighted by molar-refractivity contribution is 5.73. The van der Waals surface area contributed by atoms with Gasteiger partial charge in [0.1, 0.15) is 12.2 Å². The predicted octanol–water partition coefficient (Wildman–Crippen LogP) is -2.80. The Morgan fingerprint density at radius 3 is 2.55 bits per heavy atom. The first kappa shape index (κ1) is 16.8. The monoisotopic (exact) mass is 293 g/mol. The minimum absolute atomic E-state index is 0.495. The van der Waals surface area contributed by atoms with Crippen LogP contribution in [0, 0.1) is 0 Å². The van der Waals surface area contributed by atoms with Crippen molar-refractivity contribution in [3.05, 3.63) is 0 Å². The Hall–Kier alpha value is -1.26. The molecular formula is C11H19NO8. The first-order chi connectivity index (χ1) is 9.18. The number of hydrogen-bond donors (Lipinski definition) is 5. The summed E-state index contributed by atoms with van der Waals surface area (Å²) in [6, 6.07) is -1.06. The van der Waals surface area contributed by atoms with E-state index in [1.54, 1.807) is 0 Å². The topological polar surface area (TPSA) is 146 Å². The lowest BCUT2D eigenvalue weighted by molar-refractivity contribution is -0.394. The van der Waals surface area contributed by atoms with Gasteiger partial charge in [0.15, 0.2) is 0 Å². The standard InChI is InChI=1S/C11H19NO8/c1-5(14)12-9-7(16)3-11(18,19-6(2)15)20-10(9)8(17)4-13/h7-10,13,16-18H,3-4H2,1-2H3,(H,12,14)/t7?,8?,9-,10-,11?/m1/s1. The summed E-state index contributed by atoms with van der Waals surface area (Å²) in [5.41, 5.74) is 0. The summed E-state index contributed by atoms with van der Waals surface area (Å²) in [6.45, 7) is 1.50. The molecule has 9 nitrogen and oxygen atoms in total. The second kappa shape index (κ2) is 6.46. The molecule has 0 aromatic carbocycles. The first-order valence-corrected chi connectivity index (χ1v) is 6.02. The van der Waals surface area contributed by atoms with E-state index in [0.717, 1.165) is 6.92 Å². The largest absolute Gasteiger partial charge is 0.408 e. The van der Waals surface area contributed by atoms with Crippen LogP contribution in [0.2, 0.25) is 0 Å². The van der Waals surface area contributed by atoms with Gasteiger partial charge in [0.25, 0.3) is 0 Å². The van der Waals surface area contributed by atoms with Crippen LogP contribution in [-0.2, 0) is 19.1 Å². The summed E-state index contributed by atoms with van der Waals surface area (Å²) in [7, 11) is 0. The van der Waals surface area contributed by atoms with Gasteiger partial charge >= 0.3 is 11.9 Å². The normalized spacial score (nSPS) is 35.2. The zero-order chi connectivity index (χ0) is 15.5. The van der Waals surface area contributed by atoms with E-state index in [4.69, 9.17) is 9.84 Å². The molecule has 0 aromatic heterocycles. The number of esters is 1. The highest BCUT2D eigenvalue weighted by Gasteiger charge is 2.50. The quantitative estimate of drug-likeness (QED) is 0.276. The highest BCUT2D eigenvalue weighted by Crippen LogP contribution is 2.30. The van der Waals surface area contributed by atoms with Crippen molar-refractivity contribution < 1.29 is 39.5 Å². The van der Waals surface area contributed by atoms with E-state index in [1.165, 1.54) is 6.92 Å². The molecule has 0 saturated carbocycles. The number of amides is 1. The molecule has 1 aliphatic heterocycles. The van der Waals surface area contributed by atoms with Crippen LogP contribution in [0.5, 0.6) is 0 Å². The Labute approximate surface area is 115 Å². The van der Waals surface area contributed by atoms with E-state index in [2.05, 4.69) is 10.1 Å². The fourth-order valence-electron chi connectivity index (χ4n) is 2.07. The molecule has 1 fully saturated rings. The van der Waals surface area contributed by atoms with Gasteiger partial charge in [0, 0.05) is 13.8 Å². The van der Waals surface area contributed by atoms with Crippen LogP contribution in [0.3, 0.4) is 0 Å². The number of aliphatic hydroxyl groups excluding tert-OH is 3. The average Bonchev–Trinajstić information content (AvgIpc) is 2.29. The van der Waals surface area contributed by atoms with Crippen molar-refractivity contribution in [2.75, 3.05) is 6.61 Å². The van der Waals surface area contributed by atoms with Crippen LogP contribution in [-0.4, -0.2) is 69.2 Å². The third-order valence-electron chi connectivity index (χ3n) is 2.80. The Morgan fingerprint density at radius 2 is 2.10 bits per heavy atom. The number of aliphatic hydroxyl groups is 4. The van der Waals surface area contributed by atoms with Crippen molar-refractivity contribution in [2.24, 2.45) is 0 Å². The van der Waals surface area contributed by atoms with Gasteiger partial charge in [-0.3, -0.25) is 9.59 Å². The Balaban J connectivity index is 2.95. The maximum atomic E-state index is 11.1. The molecule has 1 amide bonds. The molecule has 5 N–H and O–H groups in total. The molecule has 0 aromatic rings. The van der Waals surface area contributed by atoms with Crippen molar-refractivity contribution in [2.45, 2.75) is 50.6 Å². The van der Waals surface area contributed by atoms with Gasteiger partial charge in [-0.15, -0.1) is 0 Å². The van der Waals surface area contributed by atoms with Gasteiger partial charge in [0.05, 0.1) is 25.2 Å². The van der Waals surface area contributed by atoms with Crippen molar-refractivity contribution in [3.8, 4) is 0 Å². The van der Waals surface area contributed by atoms with Gasteiger partial charge < -0.3 is 35.2 Å². The molecule has 0 radical (unpaired) electrons. The Morgan fingerprint density at radius 1 is 1.50 bits per heavy atom. The maximum absolute atomic E-state index is 11.1. The highest BCUT2D eigenvalue weighted by atomic mass is 16.8. The molecule has 1 rings (SSSR count). The number of carbonyl (C=O) groups excluding carboxylic acids is 2. The molecule has 1 saturated heterocycles. The summed E-state index contributed by atoms with van der Waals surface area (Å²) < 4.78 is 9.61. The third kappa shape index (κ3) is 4.12. The Kier molecular flexibility index (Phi) is 5.42. The molecular weight excluding hydrogens is 274 g/mol. The third-order valence-corrected chi connectivity index (χ3v) is 2.80. The van der Waals surface area contributed by atoms with E-state index in [9.17, 15) is 24.9 Å². The molecule has 116 valence electrons. The fourth-order valence-corrected chi connectivity index (χ4v) is 2.07. The van der Waals surface area contributed by atoms with Gasteiger partial charge in [0.2, 0.25) is 5.91 Å². The lowest BCUT2D eigenvalue weighted by atomic mass is 9.93. The zero-order valence-electron chi connectivity index (χ0n) is 11.1. The second-order valence-corrected chi connectivity index (χ2v) is 4.64. The number of nitrogens with one attached hydrogen (secondary N) is 1. The number of rotatable bonds is 4. The van der Waals surface area contributed by atoms with Crippen molar-refractivity contribution >= 4 is 11.9 Å². The van der Waals surface area contributed by atoms with Crippen LogP contribution in [0.25, 0.3) is 0 Å². The molecule has 0 aliphatic carbocycles. The summed E-state index contributed by atoms with van der Waals surface area (Å²) in [4.78, 5) is 22.0. The summed E-state index contributed by atoms with van der Waals surface area (Å²) in [5.74, 6) is -3.78. The van der Waals surface area contributed by atoms with Gasteiger partial charge in [-0.05, 0) is 0 Å². The van der Waals surface area contributed by atoms with E-state index < -0.39 is 55.2 Å². The first-order valence-electron chi connectivity index (χ1n) is 6.02. The average molecular weight is 293 g/mol. The lowest BCUT2D eigenvalue weighted by Crippen LogP contribution is -2.65. The Bertz CT molecular complexity index is 375. The molecule has 5 atom stereocenters. The molecule has 20 heavy (non-hydrogen) atoms. The predicted molar refractivity (Wildman–Crippen MR) is 62.9 cm³/mol. The number of hydrogen-bond acceptors (Lipinski definition) is 8. The van der Waals surface area contributed by atoms with Crippen molar-refractivity contribution in [1.82, 2.24) is 5.32 Å². The van der Waals surface area contributed by atoms with Gasteiger partial charge in [-0.25, -0.2) is 0 Å². The molecule has 0 spiro atoms. The van der Waals surface area contributed by atoms with Crippen LogP contribution in [0.1, 0.15) is 20.3 Å². The number of carbonyl (C=O) groups is 2. The molecule has 1 heterocycles. The van der Waals surface area contributed by atoms with Crippen LogP contribution < -0.4 is 5.32 Å². The minimum atomic E-state index is -2.43. The summed E-state index contributed by atoms with van der Waals surface area (Å²) in [5, 5.41) is 40.9. The van der Waals surface area contributed by atoms with Gasteiger partial charge in [-0.2, -0.15) is 0 Å². The van der Waals surface area contributed by atoms with Crippen LogP contribution >= 0.6 is 0 Å². The van der Waals surface area contributed by atoms with Crippen LogP contribution in [0.15, 0.2) is 0 Å². The molecule has 3 unspecified atom stereocenters. The fraction of sp³-hybridized carbons (Fsp3) is 0.818. The smallest absolute Gasteiger partial charge is 0.329 e. The van der Waals surface area contributed by atoms with Crippen molar-refractivity contribution in [1.29, 1.82) is 0 Å². The zero-order valence-corrected chi connectivity index (χ0v) is 11.1. The van der Waals surface area contributed by atoms with E-state index >= 15 is 0 Å². The summed E-state index contributed by atoms with van der Waals surface area (Å²) in [6.07, 6.45) is -4.70. The summed E-state index contributed by atoms with van der Waals surface area (Å²) >= 11 is 0. The van der Waals surface area contributed by atoms with E-state index in [1.807, 2.05) is 0 Å². The van der Waals surface area contributed by atoms with Crippen molar-refractivity contribution in [3.63, 3.8) is 0 Å². The maximum Gasteiger partial charge on any atom is 0.329 e. The molecule has 1 aliphatic rings. The second-order valence-electron chi connectivity index (χ2n) is 4.64. The van der Waals surface area contributed by atoms with Crippen LogP contribution in [0.4, 0.5) is 0 Å². The van der Waals surface area contributed by atoms with Gasteiger partial charge in [-0.1, -0.05) is 0 Å². The minimum Gasteiger partial charge on any atom is -0.408 e. The van der Waals surface area contributed by atoms with E-state index in [-0.39, 0.29) is 0 Å². The molecule has 0 bridgehead atoms. The molecule has 9 heteroatoms.